The van der Waals surface area contributed by atoms with Gasteiger partial charge in [-0.3, -0.25) is 0 Å². The molecule has 0 unspecified atom stereocenters. The lowest BCUT2D eigenvalue weighted by Gasteiger charge is -2.06. The van der Waals surface area contributed by atoms with Crippen LogP contribution in [0.15, 0.2) is 48.7 Å². The van der Waals surface area contributed by atoms with Gasteiger partial charge in [-0.05, 0) is 30.3 Å². The number of para-hydroxylation sites is 2. The van der Waals surface area contributed by atoms with E-state index in [1.54, 1.807) is 36.5 Å². The molecule has 96 valence electrons. The van der Waals surface area contributed by atoms with Crippen molar-refractivity contribution >= 4 is 10.9 Å². The number of hydrogen-bond donors (Lipinski definition) is 2. The zero-order valence-corrected chi connectivity index (χ0v) is 10.1. The van der Waals surface area contributed by atoms with Crippen LogP contribution < -0.4 is 4.74 Å². The minimum Gasteiger partial charge on any atom is -0.504 e. The number of phenolic OH excluding ortho intramolecular Hbond substituents is 1. The van der Waals surface area contributed by atoms with Crippen molar-refractivity contribution in [2.75, 3.05) is 0 Å². The topological polar surface area (TPSA) is 45.2 Å². The SMILES string of the molecule is Oc1ccccc1OCc1c[nH]c2cc(F)ccc12. The van der Waals surface area contributed by atoms with Crippen molar-refractivity contribution in [3.05, 3.63) is 60.0 Å². The molecule has 0 aliphatic rings. The van der Waals surface area contributed by atoms with E-state index in [2.05, 4.69) is 4.98 Å². The number of rotatable bonds is 3. The van der Waals surface area contributed by atoms with E-state index in [4.69, 9.17) is 4.74 Å². The van der Waals surface area contributed by atoms with Crippen LogP contribution in [0, 0.1) is 5.82 Å². The fourth-order valence-electron chi connectivity index (χ4n) is 2.01. The van der Waals surface area contributed by atoms with Gasteiger partial charge in [-0.15, -0.1) is 0 Å². The zero-order valence-electron chi connectivity index (χ0n) is 10.1. The molecule has 3 nitrogen and oxygen atoms in total. The van der Waals surface area contributed by atoms with Gasteiger partial charge in [0.25, 0.3) is 0 Å². The van der Waals surface area contributed by atoms with Crippen molar-refractivity contribution in [2.24, 2.45) is 0 Å². The number of fused-ring (bicyclic) bond motifs is 1. The third kappa shape index (κ3) is 2.25. The average Bonchev–Trinajstić information content (AvgIpc) is 2.80. The van der Waals surface area contributed by atoms with E-state index in [9.17, 15) is 9.50 Å². The number of aromatic nitrogens is 1. The molecule has 0 spiro atoms. The molecule has 0 aliphatic heterocycles. The van der Waals surface area contributed by atoms with Gasteiger partial charge in [-0.1, -0.05) is 12.1 Å². The van der Waals surface area contributed by atoms with Crippen LogP contribution in [0.5, 0.6) is 11.5 Å². The molecule has 0 fully saturated rings. The number of aromatic amines is 1. The Balaban J connectivity index is 1.84. The molecule has 2 aromatic carbocycles. The first-order chi connectivity index (χ1) is 9.24. The van der Waals surface area contributed by atoms with Crippen LogP contribution in [0.3, 0.4) is 0 Å². The summed E-state index contributed by atoms with van der Waals surface area (Å²) < 4.78 is 18.6. The summed E-state index contributed by atoms with van der Waals surface area (Å²) in [5.74, 6) is 0.259. The quantitative estimate of drug-likeness (QED) is 0.753. The summed E-state index contributed by atoms with van der Waals surface area (Å²) in [5, 5.41) is 10.5. The van der Waals surface area contributed by atoms with Crippen molar-refractivity contribution in [1.82, 2.24) is 4.98 Å². The molecule has 0 saturated carbocycles. The van der Waals surface area contributed by atoms with Crippen molar-refractivity contribution in [1.29, 1.82) is 0 Å². The number of H-pyrrole nitrogens is 1. The van der Waals surface area contributed by atoms with Gasteiger partial charge in [0, 0.05) is 22.7 Å². The number of benzene rings is 2. The lowest BCUT2D eigenvalue weighted by molar-refractivity contribution is 0.290. The third-order valence-electron chi connectivity index (χ3n) is 2.98. The Kier molecular flexibility index (Phi) is 2.83. The number of halogens is 1. The second kappa shape index (κ2) is 4.65. The Morgan fingerprint density at radius 1 is 1.16 bits per heavy atom. The highest BCUT2D eigenvalue weighted by molar-refractivity contribution is 5.83. The molecule has 0 atom stereocenters. The molecule has 0 bridgehead atoms. The smallest absolute Gasteiger partial charge is 0.161 e. The van der Waals surface area contributed by atoms with Crippen LogP contribution in [0.25, 0.3) is 10.9 Å². The van der Waals surface area contributed by atoms with Gasteiger partial charge < -0.3 is 14.8 Å². The highest BCUT2D eigenvalue weighted by Gasteiger charge is 2.06. The summed E-state index contributed by atoms with van der Waals surface area (Å²) in [6.07, 6.45) is 1.78. The third-order valence-corrected chi connectivity index (χ3v) is 2.98. The Morgan fingerprint density at radius 2 is 2.00 bits per heavy atom. The van der Waals surface area contributed by atoms with E-state index in [0.717, 1.165) is 16.5 Å². The Bertz CT molecular complexity index is 721. The van der Waals surface area contributed by atoms with Crippen molar-refractivity contribution in [3.63, 3.8) is 0 Å². The second-order valence-electron chi connectivity index (χ2n) is 4.26. The van der Waals surface area contributed by atoms with Gasteiger partial charge in [-0.25, -0.2) is 4.39 Å². The van der Waals surface area contributed by atoms with Gasteiger partial charge in [0.2, 0.25) is 0 Å². The molecule has 0 saturated heterocycles. The average molecular weight is 257 g/mol. The predicted molar refractivity (Wildman–Crippen MR) is 70.7 cm³/mol. The molecule has 4 heteroatoms. The molecular formula is C15H12FNO2. The van der Waals surface area contributed by atoms with Gasteiger partial charge in [-0.2, -0.15) is 0 Å². The summed E-state index contributed by atoms with van der Waals surface area (Å²) in [5.41, 5.74) is 1.65. The van der Waals surface area contributed by atoms with Crippen molar-refractivity contribution in [3.8, 4) is 11.5 Å². The van der Waals surface area contributed by atoms with Gasteiger partial charge in [0.05, 0.1) is 0 Å². The lowest BCUT2D eigenvalue weighted by atomic mass is 10.2. The molecule has 2 N–H and O–H groups in total. The van der Waals surface area contributed by atoms with Crippen LogP contribution in [0.4, 0.5) is 4.39 Å². The number of aromatic hydroxyl groups is 1. The van der Waals surface area contributed by atoms with Crippen LogP contribution in [-0.4, -0.2) is 10.1 Å². The molecule has 3 rings (SSSR count). The maximum atomic E-state index is 13.1. The van der Waals surface area contributed by atoms with Gasteiger partial charge in [0.15, 0.2) is 11.5 Å². The standard InChI is InChI=1S/C15H12FNO2/c16-11-5-6-12-10(8-17-13(12)7-11)9-19-15-4-2-1-3-14(15)18/h1-8,17-18H,9H2. The Labute approximate surface area is 109 Å². The van der Waals surface area contributed by atoms with E-state index in [1.807, 2.05) is 0 Å². The summed E-state index contributed by atoms with van der Waals surface area (Å²) in [7, 11) is 0. The lowest BCUT2D eigenvalue weighted by Crippen LogP contribution is -1.94. The normalized spacial score (nSPS) is 10.8. The molecule has 19 heavy (non-hydrogen) atoms. The van der Waals surface area contributed by atoms with Crippen LogP contribution in [0.2, 0.25) is 0 Å². The summed E-state index contributed by atoms with van der Waals surface area (Å²) in [4.78, 5) is 3.00. The van der Waals surface area contributed by atoms with Crippen LogP contribution in [-0.2, 0) is 6.61 Å². The van der Waals surface area contributed by atoms with Gasteiger partial charge in [0.1, 0.15) is 12.4 Å². The van der Waals surface area contributed by atoms with Crippen molar-refractivity contribution < 1.29 is 14.2 Å². The maximum absolute atomic E-state index is 13.1. The molecule has 0 aliphatic carbocycles. The highest BCUT2D eigenvalue weighted by Crippen LogP contribution is 2.27. The van der Waals surface area contributed by atoms with E-state index < -0.39 is 0 Å². The monoisotopic (exact) mass is 257 g/mol. The summed E-state index contributed by atoms with van der Waals surface area (Å²) in [6, 6.07) is 11.4. The molecule has 1 aromatic heterocycles. The predicted octanol–water partition coefficient (Wildman–Crippen LogP) is 3.59. The van der Waals surface area contributed by atoms with E-state index in [-0.39, 0.29) is 11.6 Å². The van der Waals surface area contributed by atoms with Crippen LogP contribution >= 0.6 is 0 Å². The number of hydrogen-bond acceptors (Lipinski definition) is 2. The summed E-state index contributed by atoms with van der Waals surface area (Å²) >= 11 is 0. The van der Waals surface area contributed by atoms with Gasteiger partial charge >= 0.3 is 0 Å². The van der Waals surface area contributed by atoms with E-state index in [0.29, 0.717) is 12.4 Å². The minimum atomic E-state index is -0.275. The first kappa shape index (κ1) is 11.6. The highest BCUT2D eigenvalue weighted by atomic mass is 19.1. The van der Waals surface area contributed by atoms with Crippen LogP contribution in [0.1, 0.15) is 5.56 Å². The van der Waals surface area contributed by atoms with Crippen molar-refractivity contribution in [2.45, 2.75) is 6.61 Å². The Morgan fingerprint density at radius 3 is 2.84 bits per heavy atom. The largest absolute Gasteiger partial charge is 0.504 e. The number of nitrogens with one attached hydrogen (secondary N) is 1. The number of phenols is 1. The summed E-state index contributed by atoms with van der Waals surface area (Å²) in [6.45, 7) is 0.309. The fourth-order valence-corrected chi connectivity index (χ4v) is 2.01. The number of ether oxygens (including phenoxy) is 1. The first-order valence-corrected chi connectivity index (χ1v) is 5.90. The molecule has 3 aromatic rings. The van der Waals surface area contributed by atoms with E-state index in [1.165, 1.54) is 12.1 Å². The van der Waals surface area contributed by atoms with E-state index >= 15 is 0 Å². The zero-order chi connectivity index (χ0) is 13.2. The molecular weight excluding hydrogens is 245 g/mol. The fraction of sp³-hybridized carbons (Fsp3) is 0.0667. The second-order valence-corrected chi connectivity index (χ2v) is 4.26. The first-order valence-electron chi connectivity index (χ1n) is 5.90. The Hall–Kier alpha value is -2.49. The molecule has 0 amide bonds. The minimum absolute atomic E-state index is 0.105. The maximum Gasteiger partial charge on any atom is 0.161 e. The molecule has 1 heterocycles. The molecule has 0 radical (unpaired) electrons.